The van der Waals surface area contributed by atoms with Crippen molar-refractivity contribution in [1.29, 1.82) is 0 Å². The van der Waals surface area contributed by atoms with Gasteiger partial charge in [-0.15, -0.1) is 0 Å². The molecule has 8 nitrogen and oxygen atoms in total. The van der Waals surface area contributed by atoms with Crippen molar-refractivity contribution in [2.75, 3.05) is 0 Å². The second-order valence-corrected chi connectivity index (χ2v) is 6.69. The van der Waals surface area contributed by atoms with Gasteiger partial charge in [-0.2, -0.15) is 0 Å². The molecule has 2 unspecified atom stereocenters. The first-order valence-corrected chi connectivity index (χ1v) is 9.89. The average Bonchev–Trinajstić information content (AvgIpc) is 2.69. The number of rotatable bonds is 10. The van der Waals surface area contributed by atoms with E-state index in [0.717, 1.165) is 51.4 Å². The van der Waals surface area contributed by atoms with Gasteiger partial charge >= 0.3 is 37.7 Å². The van der Waals surface area contributed by atoms with Gasteiger partial charge in [0.15, 0.2) is 0 Å². The summed E-state index contributed by atoms with van der Waals surface area (Å²) >= 11 is 0. The predicted molar refractivity (Wildman–Crippen MR) is 111 cm³/mol. The Morgan fingerprint density at radius 1 is 0.828 bits per heavy atom. The molecule has 2 N–H and O–H groups in total. The third kappa shape index (κ3) is 10.8. The van der Waals surface area contributed by atoms with Crippen LogP contribution < -0.4 is 20.8 Å². The van der Waals surface area contributed by atoms with Crippen LogP contribution in [-0.2, 0) is 9.59 Å². The SMILES string of the molecule is CCCCCC1N=CNC=C1C(=O)[O-].CCCCCC1N=CNC=C1C(=O)[O-].[Ca+2]. The quantitative estimate of drug-likeness (QED) is 0.371. The molecular weight excluding hydrogens is 400 g/mol. The molecule has 156 valence electrons. The van der Waals surface area contributed by atoms with E-state index in [1.54, 1.807) is 0 Å². The molecule has 0 saturated carbocycles. The molecule has 0 radical (unpaired) electrons. The van der Waals surface area contributed by atoms with E-state index in [4.69, 9.17) is 0 Å². The van der Waals surface area contributed by atoms with Crippen LogP contribution in [0.15, 0.2) is 33.5 Å². The Bertz CT molecular complexity index is 578. The summed E-state index contributed by atoms with van der Waals surface area (Å²) in [6, 6.07) is -0.458. The van der Waals surface area contributed by atoms with Gasteiger partial charge in [-0.25, -0.2) is 0 Å². The summed E-state index contributed by atoms with van der Waals surface area (Å²) in [5.41, 5.74) is 0.507. The van der Waals surface area contributed by atoms with Crippen molar-refractivity contribution in [2.24, 2.45) is 9.98 Å². The number of hydrogen-bond acceptors (Lipinski definition) is 8. The summed E-state index contributed by atoms with van der Waals surface area (Å²) in [5.74, 6) is -2.26. The molecule has 0 aromatic rings. The molecule has 0 bridgehead atoms. The minimum absolute atomic E-state index is 0. The van der Waals surface area contributed by atoms with Crippen molar-refractivity contribution in [2.45, 2.75) is 77.3 Å². The molecule has 2 heterocycles. The standard InChI is InChI=1S/2C10H16N2O2.Ca/c2*1-2-3-4-5-9-8(10(13)14)6-11-7-12-9;/h2*6-7,9H,2-5H2,1H3,(H,11,12)(H,13,14);/q;;+2/p-2. The summed E-state index contributed by atoms with van der Waals surface area (Å²) in [6.07, 6.45) is 14.0. The number of carbonyl (C=O) groups excluding carboxylic acids is 2. The summed E-state index contributed by atoms with van der Waals surface area (Å²) < 4.78 is 0. The molecular formula is C20H30CaN4O4. The van der Waals surface area contributed by atoms with Crippen molar-refractivity contribution >= 4 is 62.4 Å². The van der Waals surface area contributed by atoms with Crippen molar-refractivity contribution in [1.82, 2.24) is 10.6 Å². The van der Waals surface area contributed by atoms with Gasteiger partial charge in [0.1, 0.15) is 0 Å². The number of hydrogen-bond donors (Lipinski definition) is 2. The van der Waals surface area contributed by atoms with Crippen molar-refractivity contribution < 1.29 is 19.8 Å². The molecule has 0 aromatic heterocycles. The number of unbranched alkanes of at least 4 members (excludes halogenated alkanes) is 4. The number of carbonyl (C=O) groups is 2. The van der Waals surface area contributed by atoms with Crippen LogP contribution in [-0.4, -0.2) is 74.4 Å². The van der Waals surface area contributed by atoms with Gasteiger partial charge in [-0.1, -0.05) is 52.4 Å². The minimum Gasteiger partial charge on any atom is -0.545 e. The van der Waals surface area contributed by atoms with Gasteiger partial charge in [0, 0.05) is 23.5 Å². The van der Waals surface area contributed by atoms with E-state index < -0.39 is 11.9 Å². The van der Waals surface area contributed by atoms with E-state index in [-0.39, 0.29) is 61.0 Å². The van der Waals surface area contributed by atoms with E-state index >= 15 is 0 Å². The van der Waals surface area contributed by atoms with Crippen LogP contribution in [0.5, 0.6) is 0 Å². The maximum Gasteiger partial charge on any atom is 2.00 e. The predicted octanol–water partition coefficient (Wildman–Crippen LogP) is 0.0204. The zero-order valence-corrected chi connectivity index (χ0v) is 19.6. The topological polar surface area (TPSA) is 129 Å². The number of nitrogens with zero attached hydrogens (tertiary/aromatic N) is 2. The van der Waals surface area contributed by atoms with Crippen LogP contribution in [0, 0.1) is 0 Å². The molecule has 2 atom stereocenters. The van der Waals surface area contributed by atoms with Crippen LogP contribution in [0.4, 0.5) is 0 Å². The third-order valence-electron chi connectivity index (χ3n) is 4.49. The van der Waals surface area contributed by atoms with Gasteiger partial charge < -0.3 is 30.4 Å². The van der Waals surface area contributed by atoms with Crippen LogP contribution in [0.1, 0.15) is 65.2 Å². The smallest absolute Gasteiger partial charge is 0.545 e. The second kappa shape index (κ2) is 16.4. The number of aliphatic carboxylic acids is 2. The molecule has 2 rings (SSSR count). The largest absolute Gasteiger partial charge is 2.00 e. The van der Waals surface area contributed by atoms with Crippen LogP contribution in [0.25, 0.3) is 0 Å². The first kappa shape index (κ1) is 27.6. The fourth-order valence-corrected chi connectivity index (χ4v) is 2.90. The van der Waals surface area contributed by atoms with E-state index in [1.807, 2.05) is 0 Å². The van der Waals surface area contributed by atoms with Crippen molar-refractivity contribution in [3.05, 3.63) is 23.5 Å². The van der Waals surface area contributed by atoms with E-state index in [1.165, 1.54) is 25.1 Å². The Morgan fingerprint density at radius 3 is 1.52 bits per heavy atom. The van der Waals surface area contributed by atoms with Crippen LogP contribution in [0.3, 0.4) is 0 Å². The fraction of sp³-hybridized carbons (Fsp3) is 0.600. The molecule has 0 amide bonds. The number of aliphatic imine (C=N–C) groups is 2. The van der Waals surface area contributed by atoms with Crippen LogP contribution in [0.2, 0.25) is 0 Å². The van der Waals surface area contributed by atoms with Gasteiger partial charge in [0.25, 0.3) is 0 Å². The molecule has 2 aliphatic heterocycles. The maximum absolute atomic E-state index is 10.7. The Balaban J connectivity index is 0.000000523. The summed E-state index contributed by atoms with van der Waals surface area (Å²) in [4.78, 5) is 29.6. The molecule has 2 aliphatic rings. The van der Waals surface area contributed by atoms with E-state index in [0.29, 0.717) is 0 Å². The Kier molecular flexibility index (Phi) is 15.6. The molecule has 0 saturated heterocycles. The molecule has 0 aliphatic carbocycles. The normalized spacial score (nSPS) is 19.4. The zero-order valence-electron chi connectivity index (χ0n) is 17.4. The van der Waals surface area contributed by atoms with Crippen LogP contribution >= 0.6 is 0 Å². The first-order valence-electron chi connectivity index (χ1n) is 9.89. The van der Waals surface area contributed by atoms with Gasteiger partial charge in [-0.3, -0.25) is 9.98 Å². The number of carboxylic acid groups (broad SMARTS) is 2. The minimum atomic E-state index is -1.13. The Morgan fingerprint density at radius 2 is 1.21 bits per heavy atom. The summed E-state index contributed by atoms with van der Waals surface area (Å²) in [7, 11) is 0. The first-order chi connectivity index (χ1) is 13.5. The number of carboxylic acids is 2. The molecule has 9 heteroatoms. The van der Waals surface area contributed by atoms with Gasteiger partial charge in [0.05, 0.1) is 36.7 Å². The monoisotopic (exact) mass is 430 g/mol. The summed E-state index contributed by atoms with van der Waals surface area (Å²) in [6.45, 7) is 4.22. The van der Waals surface area contributed by atoms with Crippen molar-refractivity contribution in [3.63, 3.8) is 0 Å². The molecule has 0 fully saturated rings. The Hall–Kier alpha value is -1.38. The summed E-state index contributed by atoms with van der Waals surface area (Å²) in [5, 5.41) is 26.7. The van der Waals surface area contributed by atoms with Crippen molar-refractivity contribution in [3.8, 4) is 0 Å². The Labute approximate surface area is 202 Å². The molecule has 29 heavy (non-hydrogen) atoms. The van der Waals surface area contributed by atoms with E-state index in [2.05, 4.69) is 34.5 Å². The zero-order chi connectivity index (χ0) is 20.8. The fourth-order valence-electron chi connectivity index (χ4n) is 2.90. The number of nitrogens with one attached hydrogen (secondary N) is 2. The van der Waals surface area contributed by atoms with E-state index in [9.17, 15) is 19.8 Å². The molecule has 0 spiro atoms. The third-order valence-corrected chi connectivity index (χ3v) is 4.49. The maximum atomic E-state index is 10.7. The average molecular weight is 431 g/mol. The van der Waals surface area contributed by atoms with Gasteiger partial charge in [-0.05, 0) is 12.8 Å². The second-order valence-electron chi connectivity index (χ2n) is 6.69. The van der Waals surface area contributed by atoms with Gasteiger partial charge in [0.2, 0.25) is 0 Å². The molecule has 0 aromatic carbocycles.